The molecule has 2 rings (SSSR count). The second-order valence-corrected chi connectivity index (χ2v) is 5.90. The van der Waals surface area contributed by atoms with Gasteiger partial charge in [0.05, 0.1) is 6.61 Å². The lowest BCUT2D eigenvalue weighted by molar-refractivity contribution is 0.141. The molecular weight excluding hydrogens is 252 g/mol. The minimum Gasteiger partial charge on any atom is -0.383 e. The van der Waals surface area contributed by atoms with Crippen molar-refractivity contribution >= 4 is 5.96 Å². The fourth-order valence-electron chi connectivity index (χ4n) is 3.30. The quantitative estimate of drug-likeness (QED) is 0.568. The van der Waals surface area contributed by atoms with E-state index in [1.54, 1.807) is 7.11 Å². The number of ether oxygens (including phenoxy) is 1. The number of likely N-dealkylation sites (tertiary alicyclic amines) is 1. The molecule has 20 heavy (non-hydrogen) atoms. The second kappa shape index (κ2) is 8.47. The Morgan fingerprint density at radius 1 is 1.25 bits per heavy atom. The van der Waals surface area contributed by atoms with Gasteiger partial charge in [-0.15, -0.1) is 0 Å². The largest absolute Gasteiger partial charge is 0.383 e. The van der Waals surface area contributed by atoms with Gasteiger partial charge in [-0.3, -0.25) is 9.89 Å². The molecule has 0 radical (unpaired) electrons. The monoisotopic (exact) mass is 282 g/mol. The molecule has 2 fully saturated rings. The normalized spacial score (nSPS) is 25.3. The highest BCUT2D eigenvalue weighted by Gasteiger charge is 2.24. The lowest BCUT2D eigenvalue weighted by Gasteiger charge is -2.25. The molecule has 2 N–H and O–H groups in total. The molecule has 5 heteroatoms. The molecule has 1 saturated carbocycles. The topological polar surface area (TPSA) is 48.9 Å². The van der Waals surface area contributed by atoms with Gasteiger partial charge >= 0.3 is 0 Å². The number of hydrogen-bond acceptors (Lipinski definition) is 3. The van der Waals surface area contributed by atoms with Gasteiger partial charge in [-0.2, -0.15) is 0 Å². The van der Waals surface area contributed by atoms with E-state index in [1.165, 1.54) is 45.1 Å². The zero-order valence-electron chi connectivity index (χ0n) is 13.0. The van der Waals surface area contributed by atoms with E-state index in [1.807, 2.05) is 7.05 Å². The zero-order chi connectivity index (χ0) is 14.2. The van der Waals surface area contributed by atoms with E-state index in [0.717, 1.165) is 25.7 Å². The van der Waals surface area contributed by atoms with Gasteiger partial charge in [-0.25, -0.2) is 0 Å². The molecule has 0 bridgehead atoms. The van der Waals surface area contributed by atoms with Gasteiger partial charge in [0.1, 0.15) is 0 Å². The molecule has 5 nitrogen and oxygen atoms in total. The first-order chi connectivity index (χ1) is 9.83. The molecule has 0 spiro atoms. The van der Waals surface area contributed by atoms with E-state index in [0.29, 0.717) is 12.1 Å². The highest BCUT2D eigenvalue weighted by atomic mass is 16.5. The van der Waals surface area contributed by atoms with Crippen molar-refractivity contribution in [1.29, 1.82) is 0 Å². The van der Waals surface area contributed by atoms with Gasteiger partial charge in [-0.1, -0.05) is 12.8 Å². The van der Waals surface area contributed by atoms with Crippen LogP contribution < -0.4 is 10.6 Å². The number of rotatable bonds is 6. The number of guanidine groups is 1. The maximum atomic E-state index is 5.19. The van der Waals surface area contributed by atoms with Crippen LogP contribution in [0.5, 0.6) is 0 Å². The predicted molar refractivity (Wildman–Crippen MR) is 83.2 cm³/mol. The highest BCUT2D eigenvalue weighted by Crippen LogP contribution is 2.18. The summed E-state index contributed by atoms with van der Waals surface area (Å²) in [5.74, 6) is 0.968. The number of hydrogen-bond donors (Lipinski definition) is 2. The average molecular weight is 282 g/mol. The minimum atomic E-state index is 0.618. The van der Waals surface area contributed by atoms with E-state index in [2.05, 4.69) is 20.5 Å². The summed E-state index contributed by atoms with van der Waals surface area (Å²) in [6.07, 6.45) is 7.83. The number of methoxy groups -OCH3 is 1. The molecule has 0 aromatic rings. The number of nitrogens with one attached hydrogen (secondary N) is 2. The molecule has 1 atom stereocenters. The third kappa shape index (κ3) is 4.63. The smallest absolute Gasteiger partial charge is 0.191 e. The first-order valence-corrected chi connectivity index (χ1v) is 8.03. The summed E-state index contributed by atoms with van der Waals surface area (Å²) < 4.78 is 5.19. The van der Waals surface area contributed by atoms with Gasteiger partial charge in [-0.05, 0) is 32.2 Å². The molecule has 1 aliphatic carbocycles. The van der Waals surface area contributed by atoms with Crippen molar-refractivity contribution in [2.75, 3.05) is 40.4 Å². The summed E-state index contributed by atoms with van der Waals surface area (Å²) in [7, 11) is 3.64. The van der Waals surface area contributed by atoms with Crippen LogP contribution in [0.25, 0.3) is 0 Å². The van der Waals surface area contributed by atoms with Crippen LogP contribution in [0.3, 0.4) is 0 Å². The van der Waals surface area contributed by atoms with Crippen molar-refractivity contribution in [3.63, 3.8) is 0 Å². The SMILES string of the molecule is CN=C(NCC1CCCN1CCOC)NC1CCCC1. The van der Waals surface area contributed by atoms with Crippen LogP contribution >= 0.6 is 0 Å². The molecule has 1 unspecified atom stereocenters. The molecule has 2 aliphatic rings. The fraction of sp³-hybridized carbons (Fsp3) is 0.933. The second-order valence-electron chi connectivity index (χ2n) is 5.90. The van der Waals surface area contributed by atoms with Gasteiger partial charge in [0.2, 0.25) is 0 Å². The minimum absolute atomic E-state index is 0.618. The summed E-state index contributed by atoms with van der Waals surface area (Å²) >= 11 is 0. The van der Waals surface area contributed by atoms with Gasteiger partial charge in [0, 0.05) is 39.3 Å². The fourth-order valence-corrected chi connectivity index (χ4v) is 3.30. The van der Waals surface area contributed by atoms with Crippen LogP contribution in [0.2, 0.25) is 0 Å². The van der Waals surface area contributed by atoms with Crippen LogP contribution in [-0.2, 0) is 4.74 Å². The first-order valence-electron chi connectivity index (χ1n) is 8.03. The van der Waals surface area contributed by atoms with Gasteiger partial charge in [0.25, 0.3) is 0 Å². The van der Waals surface area contributed by atoms with Crippen LogP contribution in [0.15, 0.2) is 4.99 Å². The van der Waals surface area contributed by atoms with E-state index in [-0.39, 0.29) is 0 Å². The maximum absolute atomic E-state index is 5.19. The van der Waals surface area contributed by atoms with Crippen LogP contribution in [0.4, 0.5) is 0 Å². The maximum Gasteiger partial charge on any atom is 0.191 e. The molecular formula is C15H30N4O. The first kappa shape index (κ1) is 15.6. The van der Waals surface area contributed by atoms with Gasteiger partial charge < -0.3 is 15.4 Å². The number of aliphatic imine (C=N–C) groups is 1. The molecule has 0 aromatic carbocycles. The lowest BCUT2D eigenvalue weighted by Crippen LogP contribution is -2.47. The Balaban J connectivity index is 1.71. The Labute approximate surface area is 123 Å². The van der Waals surface area contributed by atoms with Crippen molar-refractivity contribution in [2.24, 2.45) is 4.99 Å². The highest BCUT2D eigenvalue weighted by molar-refractivity contribution is 5.80. The van der Waals surface area contributed by atoms with Crippen LogP contribution in [-0.4, -0.2) is 63.3 Å². The summed E-state index contributed by atoms with van der Waals surface area (Å²) in [4.78, 5) is 6.88. The molecule has 0 aromatic heterocycles. The number of nitrogens with zero attached hydrogens (tertiary/aromatic N) is 2. The third-order valence-electron chi connectivity index (χ3n) is 4.51. The summed E-state index contributed by atoms with van der Waals surface area (Å²) in [6, 6.07) is 1.24. The summed E-state index contributed by atoms with van der Waals surface area (Å²) in [5, 5.41) is 7.04. The lowest BCUT2D eigenvalue weighted by atomic mass is 10.2. The van der Waals surface area contributed by atoms with E-state index in [4.69, 9.17) is 4.74 Å². The Bertz CT molecular complexity index is 302. The van der Waals surface area contributed by atoms with Crippen LogP contribution in [0, 0.1) is 0 Å². The molecule has 1 heterocycles. The van der Waals surface area contributed by atoms with Crippen molar-refractivity contribution in [3.05, 3.63) is 0 Å². The molecule has 1 aliphatic heterocycles. The molecule has 1 saturated heterocycles. The predicted octanol–water partition coefficient (Wildman–Crippen LogP) is 1.20. The molecule has 116 valence electrons. The Kier molecular flexibility index (Phi) is 6.60. The van der Waals surface area contributed by atoms with E-state index in [9.17, 15) is 0 Å². The van der Waals surface area contributed by atoms with Crippen molar-refractivity contribution in [2.45, 2.75) is 50.6 Å². The van der Waals surface area contributed by atoms with Crippen molar-refractivity contribution in [3.8, 4) is 0 Å². The van der Waals surface area contributed by atoms with Gasteiger partial charge in [0.15, 0.2) is 5.96 Å². The zero-order valence-corrected chi connectivity index (χ0v) is 13.0. The van der Waals surface area contributed by atoms with E-state index < -0.39 is 0 Å². The molecule has 0 amide bonds. The Morgan fingerprint density at radius 3 is 2.75 bits per heavy atom. The van der Waals surface area contributed by atoms with Crippen molar-refractivity contribution in [1.82, 2.24) is 15.5 Å². The van der Waals surface area contributed by atoms with Crippen LogP contribution in [0.1, 0.15) is 38.5 Å². The summed E-state index contributed by atoms with van der Waals surface area (Å²) in [6.45, 7) is 4.05. The van der Waals surface area contributed by atoms with E-state index >= 15 is 0 Å². The average Bonchev–Trinajstić information content (AvgIpc) is 3.12. The third-order valence-corrected chi connectivity index (χ3v) is 4.51. The van der Waals surface area contributed by atoms with Crippen molar-refractivity contribution < 1.29 is 4.74 Å². The Morgan fingerprint density at radius 2 is 2.05 bits per heavy atom. The summed E-state index contributed by atoms with van der Waals surface area (Å²) in [5.41, 5.74) is 0. The standard InChI is InChI=1S/C15H30N4O/c1-16-15(18-13-6-3-4-7-13)17-12-14-8-5-9-19(14)10-11-20-2/h13-14H,3-12H2,1-2H3,(H2,16,17,18). The Hall–Kier alpha value is -0.810.